The number of sulfonamides is 1. The molecule has 2 N–H and O–H groups in total. The second-order valence-electron chi connectivity index (χ2n) is 8.82. The van der Waals surface area contributed by atoms with Crippen LogP contribution < -0.4 is 19.5 Å². The molecule has 1 heterocycles. The minimum Gasteiger partial charge on any atom is -0.497 e. The van der Waals surface area contributed by atoms with Gasteiger partial charge in [0, 0.05) is 24.3 Å². The molecule has 2 fully saturated rings. The predicted molar refractivity (Wildman–Crippen MR) is 132 cm³/mol. The third-order valence-electron chi connectivity index (χ3n) is 6.57. The number of anilines is 2. The molecule has 10 nitrogen and oxygen atoms in total. The van der Waals surface area contributed by atoms with Gasteiger partial charge in [-0.05, 0) is 55.3 Å². The van der Waals surface area contributed by atoms with Crippen molar-refractivity contribution in [2.45, 2.75) is 37.0 Å². The van der Waals surface area contributed by atoms with Crippen LogP contribution in [0.4, 0.5) is 11.4 Å². The van der Waals surface area contributed by atoms with Crippen LogP contribution in [0.1, 0.15) is 32.1 Å². The molecule has 0 bridgehead atoms. The van der Waals surface area contributed by atoms with Gasteiger partial charge in [-0.3, -0.25) is 24.0 Å². The first-order chi connectivity index (χ1) is 17.2. The molecule has 1 saturated heterocycles. The molecule has 1 aliphatic carbocycles. The zero-order valence-corrected chi connectivity index (χ0v) is 21.0. The van der Waals surface area contributed by atoms with Gasteiger partial charge in [-0.15, -0.1) is 0 Å². The van der Waals surface area contributed by atoms with Gasteiger partial charge in [0.1, 0.15) is 16.4 Å². The number of carbonyl (C=O) groups excluding carboxylic acids is 3. The molecule has 0 spiro atoms. The van der Waals surface area contributed by atoms with Gasteiger partial charge in [0.15, 0.2) is 0 Å². The molecule has 0 radical (unpaired) electrons. The van der Waals surface area contributed by atoms with Gasteiger partial charge in [0.05, 0.1) is 26.1 Å². The smallest absolute Gasteiger partial charge is 0.265 e. The van der Waals surface area contributed by atoms with Crippen LogP contribution in [-0.4, -0.2) is 51.8 Å². The van der Waals surface area contributed by atoms with E-state index in [1.165, 1.54) is 37.3 Å². The number of methoxy groups -OCH3 is 2. The van der Waals surface area contributed by atoms with Crippen LogP contribution in [0.5, 0.6) is 11.5 Å². The lowest BCUT2D eigenvalue weighted by Crippen LogP contribution is -2.34. The Kier molecular flexibility index (Phi) is 7.48. The van der Waals surface area contributed by atoms with E-state index < -0.39 is 15.9 Å². The van der Waals surface area contributed by atoms with Crippen LogP contribution in [0.2, 0.25) is 0 Å². The Morgan fingerprint density at radius 2 is 1.56 bits per heavy atom. The van der Waals surface area contributed by atoms with Crippen LogP contribution in [0, 0.1) is 11.8 Å². The lowest BCUT2D eigenvalue weighted by Gasteiger charge is -2.19. The number of nitrogens with one attached hydrogen (secondary N) is 2. The van der Waals surface area contributed by atoms with Crippen molar-refractivity contribution in [3.05, 3.63) is 42.5 Å². The molecule has 3 amide bonds. The van der Waals surface area contributed by atoms with Crippen LogP contribution in [0.3, 0.4) is 0 Å². The maximum absolute atomic E-state index is 13.1. The summed E-state index contributed by atoms with van der Waals surface area (Å²) in [6.07, 6.45) is 3.21. The average Bonchev–Trinajstić information content (AvgIpc) is 3.12. The van der Waals surface area contributed by atoms with E-state index in [9.17, 15) is 22.8 Å². The lowest BCUT2D eigenvalue weighted by atomic mass is 9.81. The second kappa shape index (κ2) is 10.6. The molecule has 11 heteroatoms. The monoisotopic (exact) mass is 515 g/mol. The summed E-state index contributed by atoms with van der Waals surface area (Å²) < 4.78 is 38.9. The van der Waals surface area contributed by atoms with Gasteiger partial charge in [-0.25, -0.2) is 8.42 Å². The number of benzene rings is 2. The number of fused-ring (bicyclic) bond motifs is 1. The molecule has 0 aromatic heterocycles. The summed E-state index contributed by atoms with van der Waals surface area (Å²) in [5, 5.41) is 2.65. The first kappa shape index (κ1) is 25.5. The Balaban J connectivity index is 1.43. The van der Waals surface area contributed by atoms with Crippen molar-refractivity contribution in [2.24, 2.45) is 11.8 Å². The normalized spacial score (nSPS) is 19.6. The molecule has 192 valence electrons. The van der Waals surface area contributed by atoms with E-state index >= 15 is 0 Å². The molecular formula is C25H29N3O7S. The Bertz CT molecular complexity index is 1240. The van der Waals surface area contributed by atoms with E-state index in [4.69, 9.17) is 9.47 Å². The third-order valence-corrected chi connectivity index (χ3v) is 7.98. The average molecular weight is 516 g/mol. The fourth-order valence-corrected chi connectivity index (χ4v) is 5.98. The van der Waals surface area contributed by atoms with Gasteiger partial charge in [-0.2, -0.15) is 0 Å². The minimum absolute atomic E-state index is 0.00314. The molecule has 2 atom stereocenters. The number of hydrogen-bond acceptors (Lipinski definition) is 7. The van der Waals surface area contributed by atoms with Crippen molar-refractivity contribution in [1.82, 2.24) is 4.90 Å². The maximum Gasteiger partial charge on any atom is 0.265 e. The van der Waals surface area contributed by atoms with Crippen molar-refractivity contribution in [3.63, 3.8) is 0 Å². The Labute approximate surface area is 210 Å². The fourth-order valence-electron chi connectivity index (χ4n) is 4.72. The molecule has 2 aromatic rings. The van der Waals surface area contributed by atoms with E-state index in [0.29, 0.717) is 24.3 Å². The number of hydrogen-bond donors (Lipinski definition) is 2. The molecule has 1 saturated carbocycles. The number of imide groups is 1. The van der Waals surface area contributed by atoms with E-state index in [0.717, 1.165) is 12.8 Å². The van der Waals surface area contributed by atoms with Gasteiger partial charge < -0.3 is 14.8 Å². The Morgan fingerprint density at radius 3 is 2.14 bits per heavy atom. The first-order valence-electron chi connectivity index (χ1n) is 11.7. The molecule has 36 heavy (non-hydrogen) atoms. The fraction of sp³-hybridized carbons (Fsp3) is 0.400. The van der Waals surface area contributed by atoms with Gasteiger partial charge in [-0.1, -0.05) is 12.8 Å². The van der Waals surface area contributed by atoms with E-state index in [-0.39, 0.29) is 52.9 Å². The predicted octanol–water partition coefficient (Wildman–Crippen LogP) is 3.01. The van der Waals surface area contributed by atoms with Crippen LogP contribution in [0.25, 0.3) is 0 Å². The highest BCUT2D eigenvalue weighted by Crippen LogP contribution is 2.38. The molecule has 2 aromatic carbocycles. The van der Waals surface area contributed by atoms with Gasteiger partial charge >= 0.3 is 0 Å². The number of rotatable bonds is 9. The number of likely N-dealkylation sites (tertiary alicyclic amines) is 1. The van der Waals surface area contributed by atoms with Crippen LogP contribution >= 0.6 is 0 Å². The van der Waals surface area contributed by atoms with Crippen molar-refractivity contribution in [3.8, 4) is 11.5 Å². The highest BCUT2D eigenvalue weighted by molar-refractivity contribution is 7.92. The number of carbonyl (C=O) groups is 3. The molecule has 4 rings (SSSR count). The topological polar surface area (TPSA) is 131 Å². The summed E-state index contributed by atoms with van der Waals surface area (Å²) in [5.74, 6) is -0.674. The van der Waals surface area contributed by atoms with E-state index in [1.807, 2.05) is 0 Å². The van der Waals surface area contributed by atoms with Crippen LogP contribution in [0.15, 0.2) is 47.4 Å². The highest BCUT2D eigenvalue weighted by Gasteiger charge is 2.47. The minimum atomic E-state index is -4.05. The summed E-state index contributed by atoms with van der Waals surface area (Å²) in [7, 11) is -1.19. The van der Waals surface area contributed by atoms with Crippen molar-refractivity contribution >= 4 is 39.1 Å². The summed E-state index contributed by atoms with van der Waals surface area (Å²) >= 11 is 0. The van der Waals surface area contributed by atoms with Gasteiger partial charge in [0.25, 0.3) is 10.0 Å². The zero-order chi connectivity index (χ0) is 25.9. The summed E-state index contributed by atoms with van der Waals surface area (Å²) in [6.45, 7) is -0.00314. The number of amides is 3. The van der Waals surface area contributed by atoms with Crippen LogP contribution in [-0.2, 0) is 24.4 Å². The van der Waals surface area contributed by atoms with E-state index in [2.05, 4.69) is 10.0 Å². The number of nitrogens with zero attached hydrogens (tertiary/aromatic N) is 1. The summed E-state index contributed by atoms with van der Waals surface area (Å²) in [5.41, 5.74) is 0.566. The molecular weight excluding hydrogens is 486 g/mol. The van der Waals surface area contributed by atoms with Crippen molar-refractivity contribution in [2.75, 3.05) is 30.8 Å². The SMILES string of the molecule is COc1ccc(NS(=O)(=O)c2cc(NC(=O)CCN3C(=O)C4CCCCC4C3=O)ccc2OC)cc1. The third kappa shape index (κ3) is 5.30. The van der Waals surface area contributed by atoms with Crippen molar-refractivity contribution < 1.29 is 32.3 Å². The highest BCUT2D eigenvalue weighted by atomic mass is 32.2. The second-order valence-corrected chi connectivity index (χ2v) is 10.5. The summed E-state index contributed by atoms with van der Waals surface area (Å²) in [4.78, 5) is 38.9. The molecule has 1 aliphatic heterocycles. The molecule has 2 unspecified atom stereocenters. The first-order valence-corrected chi connectivity index (χ1v) is 13.2. The summed E-state index contributed by atoms with van der Waals surface area (Å²) in [6, 6.07) is 10.6. The quantitative estimate of drug-likeness (QED) is 0.491. The standard InChI is InChI=1S/C25H29N3O7S/c1-34-18-10-7-16(8-11-18)27-36(32,33)22-15-17(9-12-21(22)35-2)26-23(29)13-14-28-24(30)19-5-3-4-6-20(19)25(28)31/h7-12,15,19-20,27H,3-6,13-14H2,1-2H3,(H,26,29). The van der Waals surface area contributed by atoms with Crippen molar-refractivity contribution in [1.29, 1.82) is 0 Å². The lowest BCUT2D eigenvalue weighted by molar-refractivity contribution is -0.140. The Hall–Kier alpha value is -3.60. The maximum atomic E-state index is 13.1. The van der Waals surface area contributed by atoms with Gasteiger partial charge in [0.2, 0.25) is 17.7 Å². The number of ether oxygens (including phenoxy) is 2. The molecule has 2 aliphatic rings. The zero-order valence-electron chi connectivity index (χ0n) is 20.2. The largest absolute Gasteiger partial charge is 0.497 e. The van der Waals surface area contributed by atoms with E-state index in [1.54, 1.807) is 24.3 Å². The Morgan fingerprint density at radius 1 is 0.944 bits per heavy atom.